The van der Waals surface area contributed by atoms with Gasteiger partial charge in [0, 0.05) is 5.69 Å². The lowest BCUT2D eigenvalue weighted by molar-refractivity contribution is 0.0363. The molecule has 1 atom stereocenters. The highest BCUT2D eigenvalue weighted by Gasteiger charge is 2.54. The molecule has 1 aromatic rings. The van der Waals surface area contributed by atoms with Crippen molar-refractivity contribution in [2.75, 3.05) is 4.72 Å². The molecule has 108 valence electrons. The SMILES string of the molecule is Cc1cccc(N[S@@](=O)C23CC4CC(CC(C4)C2)C3)c1. The van der Waals surface area contributed by atoms with Gasteiger partial charge in [-0.15, -0.1) is 0 Å². The van der Waals surface area contributed by atoms with E-state index in [1.165, 1.54) is 44.1 Å². The number of hydrogen-bond donors (Lipinski definition) is 1. The van der Waals surface area contributed by atoms with Gasteiger partial charge in [0.05, 0.1) is 4.75 Å². The number of anilines is 1. The zero-order chi connectivity index (χ0) is 13.7. The summed E-state index contributed by atoms with van der Waals surface area (Å²) in [5.74, 6) is 2.55. The number of aryl methyl sites for hydroxylation is 1. The summed E-state index contributed by atoms with van der Waals surface area (Å²) in [4.78, 5) is 0. The number of hydrogen-bond acceptors (Lipinski definition) is 1. The highest BCUT2D eigenvalue weighted by atomic mass is 32.2. The molecule has 1 N–H and O–H groups in total. The van der Waals surface area contributed by atoms with E-state index in [1.807, 2.05) is 12.1 Å². The third-order valence-electron chi connectivity index (χ3n) is 5.60. The highest BCUT2D eigenvalue weighted by molar-refractivity contribution is 7.87. The van der Waals surface area contributed by atoms with E-state index in [0.717, 1.165) is 23.4 Å². The van der Waals surface area contributed by atoms with E-state index in [0.29, 0.717) is 0 Å². The lowest BCUT2D eigenvalue weighted by Crippen LogP contribution is -2.54. The van der Waals surface area contributed by atoms with Crippen LogP contribution in [-0.2, 0) is 11.0 Å². The Kier molecular flexibility index (Phi) is 2.95. The van der Waals surface area contributed by atoms with Crippen LogP contribution in [0.4, 0.5) is 5.69 Å². The molecular weight excluding hydrogens is 266 g/mol. The van der Waals surface area contributed by atoms with Crippen molar-refractivity contribution in [1.82, 2.24) is 0 Å². The molecule has 0 aromatic heterocycles. The van der Waals surface area contributed by atoms with E-state index >= 15 is 0 Å². The molecular formula is C17H23NOS. The van der Waals surface area contributed by atoms with Gasteiger partial charge in [0.1, 0.15) is 11.0 Å². The second-order valence-electron chi connectivity index (χ2n) is 7.34. The fourth-order valence-corrected chi connectivity index (χ4v) is 6.90. The minimum absolute atomic E-state index is 0.0680. The van der Waals surface area contributed by atoms with E-state index in [2.05, 4.69) is 23.8 Å². The van der Waals surface area contributed by atoms with Crippen LogP contribution in [0, 0.1) is 24.7 Å². The maximum Gasteiger partial charge on any atom is 0.123 e. The normalized spacial score (nSPS) is 39.8. The van der Waals surface area contributed by atoms with Crippen molar-refractivity contribution in [1.29, 1.82) is 0 Å². The molecule has 1 aromatic carbocycles. The van der Waals surface area contributed by atoms with Crippen LogP contribution in [0.1, 0.15) is 44.1 Å². The topological polar surface area (TPSA) is 29.1 Å². The molecule has 4 saturated carbocycles. The molecule has 0 aliphatic heterocycles. The number of benzene rings is 1. The molecule has 0 saturated heterocycles. The Morgan fingerprint density at radius 2 is 1.70 bits per heavy atom. The van der Waals surface area contributed by atoms with Crippen LogP contribution in [0.5, 0.6) is 0 Å². The molecule has 3 heteroatoms. The second kappa shape index (κ2) is 4.59. The van der Waals surface area contributed by atoms with E-state index < -0.39 is 11.0 Å². The predicted molar refractivity (Wildman–Crippen MR) is 83.8 cm³/mol. The largest absolute Gasteiger partial charge is 0.305 e. The Hall–Kier alpha value is -0.830. The Balaban J connectivity index is 1.56. The third-order valence-corrected chi connectivity index (χ3v) is 7.31. The first-order valence-corrected chi connectivity index (χ1v) is 9.03. The van der Waals surface area contributed by atoms with Crippen molar-refractivity contribution >= 4 is 16.7 Å². The zero-order valence-corrected chi connectivity index (χ0v) is 12.9. The average Bonchev–Trinajstić information content (AvgIpc) is 2.37. The van der Waals surface area contributed by atoms with Crippen molar-refractivity contribution in [2.24, 2.45) is 17.8 Å². The first-order valence-electron chi connectivity index (χ1n) is 7.88. The van der Waals surface area contributed by atoms with Gasteiger partial charge in [-0.1, -0.05) is 12.1 Å². The Labute approximate surface area is 123 Å². The van der Waals surface area contributed by atoms with Crippen molar-refractivity contribution in [2.45, 2.75) is 50.2 Å². The lowest BCUT2D eigenvalue weighted by atomic mass is 9.56. The van der Waals surface area contributed by atoms with Crippen LogP contribution in [0.3, 0.4) is 0 Å². The van der Waals surface area contributed by atoms with Crippen LogP contribution >= 0.6 is 0 Å². The number of rotatable bonds is 3. The third kappa shape index (κ3) is 2.11. The summed E-state index contributed by atoms with van der Waals surface area (Å²) in [6.07, 6.45) is 7.77. The first kappa shape index (κ1) is 12.9. The lowest BCUT2D eigenvalue weighted by Gasteiger charge is -2.55. The van der Waals surface area contributed by atoms with Crippen LogP contribution in [0.25, 0.3) is 0 Å². The summed E-state index contributed by atoms with van der Waals surface area (Å²) in [7, 11) is -0.934. The van der Waals surface area contributed by atoms with Crippen molar-refractivity contribution in [3.63, 3.8) is 0 Å². The fraction of sp³-hybridized carbons (Fsp3) is 0.647. The van der Waals surface area contributed by atoms with Gasteiger partial charge in [-0.25, -0.2) is 4.21 Å². The monoisotopic (exact) mass is 289 g/mol. The summed E-state index contributed by atoms with van der Waals surface area (Å²) >= 11 is 0. The number of nitrogens with one attached hydrogen (secondary N) is 1. The Bertz CT molecular complexity index is 518. The molecule has 0 unspecified atom stereocenters. The van der Waals surface area contributed by atoms with Gasteiger partial charge < -0.3 is 4.72 Å². The molecule has 4 fully saturated rings. The Morgan fingerprint density at radius 1 is 1.10 bits per heavy atom. The first-order chi connectivity index (χ1) is 9.63. The molecule has 0 amide bonds. The molecule has 2 nitrogen and oxygen atoms in total. The van der Waals surface area contributed by atoms with Crippen LogP contribution < -0.4 is 4.72 Å². The van der Waals surface area contributed by atoms with Gasteiger partial charge in [-0.2, -0.15) is 0 Å². The van der Waals surface area contributed by atoms with Crippen LogP contribution in [0.2, 0.25) is 0 Å². The van der Waals surface area contributed by atoms with Crippen molar-refractivity contribution in [3.05, 3.63) is 29.8 Å². The Morgan fingerprint density at radius 3 is 2.25 bits per heavy atom. The minimum Gasteiger partial charge on any atom is -0.305 e. The summed E-state index contributed by atoms with van der Waals surface area (Å²) in [5, 5.41) is 0. The van der Waals surface area contributed by atoms with E-state index in [1.54, 1.807) is 0 Å². The van der Waals surface area contributed by atoms with Crippen molar-refractivity contribution < 1.29 is 4.21 Å². The molecule has 5 rings (SSSR count). The van der Waals surface area contributed by atoms with Crippen LogP contribution in [0.15, 0.2) is 24.3 Å². The van der Waals surface area contributed by atoms with E-state index in [9.17, 15) is 4.21 Å². The molecule has 0 radical (unpaired) electrons. The fourth-order valence-electron chi connectivity index (χ4n) is 5.18. The second-order valence-corrected chi connectivity index (χ2v) is 8.95. The summed E-state index contributed by atoms with van der Waals surface area (Å²) < 4.78 is 16.4. The van der Waals surface area contributed by atoms with Crippen molar-refractivity contribution in [3.8, 4) is 0 Å². The average molecular weight is 289 g/mol. The predicted octanol–water partition coefficient (Wildman–Crippen LogP) is 4.04. The summed E-state index contributed by atoms with van der Waals surface area (Å²) in [6.45, 7) is 2.08. The smallest absolute Gasteiger partial charge is 0.123 e. The standard InChI is InChI=1S/C17H23NOS/c1-12-3-2-4-16(5-12)18-20(19)17-9-13-6-14(10-17)8-15(7-13)11-17/h2-5,13-15,18H,6-11H2,1H3/t13?,14?,15?,17?,20-/m0/s1. The van der Waals surface area contributed by atoms with Gasteiger partial charge in [0.2, 0.25) is 0 Å². The molecule has 4 bridgehead atoms. The van der Waals surface area contributed by atoms with E-state index in [4.69, 9.17) is 0 Å². The quantitative estimate of drug-likeness (QED) is 0.894. The summed E-state index contributed by atoms with van der Waals surface area (Å²) in [6, 6.07) is 8.25. The van der Waals surface area contributed by atoms with Gasteiger partial charge in [0.25, 0.3) is 0 Å². The molecule has 4 aliphatic rings. The molecule has 20 heavy (non-hydrogen) atoms. The summed E-state index contributed by atoms with van der Waals surface area (Å²) in [5.41, 5.74) is 2.23. The van der Waals surface area contributed by atoms with Gasteiger partial charge in [-0.3, -0.25) is 0 Å². The van der Waals surface area contributed by atoms with Crippen LogP contribution in [-0.4, -0.2) is 8.96 Å². The maximum atomic E-state index is 13.0. The van der Waals surface area contributed by atoms with Gasteiger partial charge in [-0.05, 0) is 80.9 Å². The van der Waals surface area contributed by atoms with Gasteiger partial charge >= 0.3 is 0 Å². The van der Waals surface area contributed by atoms with E-state index in [-0.39, 0.29) is 4.75 Å². The minimum atomic E-state index is -0.934. The molecule has 0 spiro atoms. The maximum absolute atomic E-state index is 13.0. The highest BCUT2D eigenvalue weighted by Crippen LogP contribution is 2.57. The zero-order valence-electron chi connectivity index (χ0n) is 12.1. The molecule has 4 aliphatic carbocycles. The van der Waals surface area contributed by atoms with Gasteiger partial charge in [0.15, 0.2) is 0 Å². The molecule has 0 heterocycles.